The summed E-state index contributed by atoms with van der Waals surface area (Å²) in [5.41, 5.74) is 3.36. The molecule has 1 amide bonds. The predicted octanol–water partition coefficient (Wildman–Crippen LogP) is 4.26. The van der Waals surface area contributed by atoms with Crippen LogP contribution in [0.3, 0.4) is 0 Å². The van der Waals surface area contributed by atoms with E-state index in [0.717, 1.165) is 11.1 Å². The van der Waals surface area contributed by atoms with Crippen molar-refractivity contribution in [2.45, 2.75) is 20.8 Å². The highest BCUT2D eigenvalue weighted by Gasteiger charge is 2.13. The van der Waals surface area contributed by atoms with Gasteiger partial charge in [-0.15, -0.1) is 0 Å². The summed E-state index contributed by atoms with van der Waals surface area (Å²) >= 11 is 0. The first-order chi connectivity index (χ1) is 12.5. The van der Waals surface area contributed by atoms with E-state index in [0.29, 0.717) is 29.4 Å². The van der Waals surface area contributed by atoms with Crippen molar-refractivity contribution in [3.8, 4) is 17.6 Å². The molecule has 0 saturated heterocycles. The van der Waals surface area contributed by atoms with Gasteiger partial charge < -0.3 is 14.8 Å². The monoisotopic (exact) mass is 350 g/mol. The average Bonchev–Trinajstić information content (AvgIpc) is 2.63. The van der Waals surface area contributed by atoms with Gasteiger partial charge in [0.1, 0.15) is 23.1 Å². The summed E-state index contributed by atoms with van der Waals surface area (Å²) in [4.78, 5) is 12.5. The molecule has 2 aromatic carbocycles. The quantitative estimate of drug-likeness (QED) is 0.624. The van der Waals surface area contributed by atoms with Crippen molar-refractivity contribution < 1.29 is 14.3 Å². The van der Waals surface area contributed by atoms with Crippen LogP contribution in [0, 0.1) is 25.2 Å². The molecule has 0 heterocycles. The summed E-state index contributed by atoms with van der Waals surface area (Å²) < 4.78 is 10.8. The first kappa shape index (κ1) is 19.1. The molecule has 5 heteroatoms. The highest BCUT2D eigenvalue weighted by atomic mass is 16.5. The first-order valence-electron chi connectivity index (χ1n) is 8.29. The molecule has 2 rings (SSSR count). The Morgan fingerprint density at radius 3 is 2.62 bits per heavy atom. The topological polar surface area (TPSA) is 71.3 Å². The third-order valence-electron chi connectivity index (χ3n) is 3.82. The third-order valence-corrected chi connectivity index (χ3v) is 3.82. The van der Waals surface area contributed by atoms with Gasteiger partial charge in [0, 0.05) is 17.3 Å². The average molecular weight is 350 g/mol. The molecule has 26 heavy (non-hydrogen) atoms. The van der Waals surface area contributed by atoms with E-state index in [1.807, 2.05) is 45.0 Å². The lowest BCUT2D eigenvalue weighted by Gasteiger charge is -2.11. The number of nitrogens with zero attached hydrogens (tertiary/aromatic N) is 1. The number of anilines is 1. The number of rotatable bonds is 6. The Bertz CT molecular complexity index is 879. The number of amides is 1. The van der Waals surface area contributed by atoms with Gasteiger partial charge in [-0.05, 0) is 50.6 Å². The highest BCUT2D eigenvalue weighted by Crippen LogP contribution is 2.27. The summed E-state index contributed by atoms with van der Waals surface area (Å²) in [5.74, 6) is 0.737. The van der Waals surface area contributed by atoms with Crippen molar-refractivity contribution in [3.05, 3.63) is 58.7 Å². The van der Waals surface area contributed by atoms with Crippen molar-refractivity contribution in [3.63, 3.8) is 0 Å². The second-order valence-electron chi connectivity index (χ2n) is 5.78. The summed E-state index contributed by atoms with van der Waals surface area (Å²) in [6.45, 7) is 6.23. The molecule has 0 fully saturated rings. The molecule has 1 N–H and O–H groups in total. The zero-order valence-corrected chi connectivity index (χ0v) is 15.4. The summed E-state index contributed by atoms with van der Waals surface area (Å²) in [5, 5.41) is 12.2. The van der Waals surface area contributed by atoms with E-state index in [1.54, 1.807) is 25.3 Å². The van der Waals surface area contributed by atoms with Gasteiger partial charge in [-0.3, -0.25) is 4.79 Å². The lowest BCUT2D eigenvalue weighted by Crippen LogP contribution is -2.14. The van der Waals surface area contributed by atoms with Crippen molar-refractivity contribution in [2.24, 2.45) is 0 Å². The fraction of sp³-hybridized carbons (Fsp3) is 0.238. The fourth-order valence-electron chi connectivity index (χ4n) is 2.49. The summed E-state index contributed by atoms with van der Waals surface area (Å²) in [6.07, 6.45) is 1.52. The van der Waals surface area contributed by atoms with E-state index in [4.69, 9.17) is 9.47 Å². The molecule has 0 bridgehead atoms. The van der Waals surface area contributed by atoms with Crippen LogP contribution in [0.4, 0.5) is 5.69 Å². The Labute approximate surface area is 153 Å². The number of methoxy groups -OCH3 is 1. The van der Waals surface area contributed by atoms with Crippen LogP contribution in [0.25, 0.3) is 6.08 Å². The van der Waals surface area contributed by atoms with E-state index in [9.17, 15) is 10.1 Å². The normalized spacial score (nSPS) is 10.8. The molecule has 0 atom stereocenters. The Morgan fingerprint density at radius 2 is 2.00 bits per heavy atom. The molecule has 0 aliphatic carbocycles. The summed E-state index contributed by atoms with van der Waals surface area (Å²) in [6, 6.07) is 12.9. The van der Waals surface area contributed by atoms with Crippen LogP contribution in [-0.2, 0) is 4.79 Å². The predicted molar refractivity (Wildman–Crippen MR) is 102 cm³/mol. The maximum Gasteiger partial charge on any atom is 0.266 e. The lowest BCUT2D eigenvalue weighted by molar-refractivity contribution is -0.112. The maximum absolute atomic E-state index is 12.5. The minimum atomic E-state index is -0.460. The SMILES string of the molecule is CCOc1cc(OC)ccc1/C=C(\C#N)C(=O)Nc1ccc(C)cc1C. The van der Waals surface area contributed by atoms with Crippen LogP contribution >= 0.6 is 0 Å². The standard InChI is InChI=1S/C21H22N2O3/c1-5-26-20-12-18(25-4)8-7-16(20)11-17(13-22)21(24)23-19-9-6-14(2)10-15(19)3/h6-12H,5H2,1-4H3,(H,23,24)/b17-11+. The van der Waals surface area contributed by atoms with Crippen LogP contribution in [0.15, 0.2) is 42.0 Å². The zero-order chi connectivity index (χ0) is 19.1. The minimum Gasteiger partial charge on any atom is -0.497 e. The molecule has 0 aliphatic heterocycles. The Kier molecular flexibility index (Phi) is 6.40. The van der Waals surface area contributed by atoms with Gasteiger partial charge in [0.25, 0.3) is 5.91 Å². The zero-order valence-electron chi connectivity index (χ0n) is 15.4. The molecule has 0 aromatic heterocycles. The van der Waals surface area contributed by atoms with Gasteiger partial charge in [-0.2, -0.15) is 5.26 Å². The second kappa shape index (κ2) is 8.72. The van der Waals surface area contributed by atoms with E-state index in [2.05, 4.69) is 5.32 Å². The molecule has 0 aliphatic rings. The van der Waals surface area contributed by atoms with Gasteiger partial charge in [-0.1, -0.05) is 17.7 Å². The number of carbonyl (C=O) groups is 1. The Morgan fingerprint density at radius 1 is 1.23 bits per heavy atom. The van der Waals surface area contributed by atoms with Crippen molar-refractivity contribution in [1.29, 1.82) is 5.26 Å². The van der Waals surface area contributed by atoms with Crippen molar-refractivity contribution >= 4 is 17.7 Å². The smallest absolute Gasteiger partial charge is 0.266 e. The number of nitriles is 1. The number of hydrogen-bond donors (Lipinski definition) is 1. The van der Waals surface area contributed by atoms with E-state index in [1.165, 1.54) is 6.08 Å². The minimum absolute atomic E-state index is 0.00362. The van der Waals surface area contributed by atoms with E-state index < -0.39 is 5.91 Å². The van der Waals surface area contributed by atoms with Crippen LogP contribution < -0.4 is 14.8 Å². The molecule has 0 saturated carbocycles. The summed E-state index contributed by atoms with van der Waals surface area (Å²) in [7, 11) is 1.57. The molecule has 2 aromatic rings. The van der Waals surface area contributed by atoms with Crippen LogP contribution in [0.2, 0.25) is 0 Å². The molecular formula is C21H22N2O3. The fourth-order valence-corrected chi connectivity index (χ4v) is 2.49. The van der Waals surface area contributed by atoms with Gasteiger partial charge >= 0.3 is 0 Å². The highest BCUT2D eigenvalue weighted by molar-refractivity contribution is 6.10. The number of nitrogens with one attached hydrogen (secondary N) is 1. The molecular weight excluding hydrogens is 328 g/mol. The molecule has 0 unspecified atom stereocenters. The lowest BCUT2D eigenvalue weighted by atomic mass is 10.1. The number of aryl methyl sites for hydroxylation is 2. The molecule has 0 radical (unpaired) electrons. The first-order valence-corrected chi connectivity index (χ1v) is 8.29. The Balaban J connectivity index is 2.32. The van der Waals surface area contributed by atoms with Gasteiger partial charge in [-0.25, -0.2) is 0 Å². The number of carbonyl (C=O) groups excluding carboxylic acids is 1. The van der Waals surface area contributed by atoms with E-state index in [-0.39, 0.29) is 5.57 Å². The van der Waals surface area contributed by atoms with Gasteiger partial charge in [0.05, 0.1) is 13.7 Å². The third kappa shape index (κ3) is 4.64. The molecule has 5 nitrogen and oxygen atoms in total. The largest absolute Gasteiger partial charge is 0.497 e. The molecule has 134 valence electrons. The van der Waals surface area contributed by atoms with Crippen LogP contribution in [0.1, 0.15) is 23.6 Å². The van der Waals surface area contributed by atoms with Crippen LogP contribution in [-0.4, -0.2) is 19.6 Å². The van der Waals surface area contributed by atoms with Crippen LogP contribution in [0.5, 0.6) is 11.5 Å². The number of hydrogen-bond acceptors (Lipinski definition) is 4. The number of benzene rings is 2. The Hall–Kier alpha value is -3.26. The van der Waals surface area contributed by atoms with Gasteiger partial charge in [0.15, 0.2) is 0 Å². The number of ether oxygens (including phenoxy) is 2. The van der Waals surface area contributed by atoms with Crippen molar-refractivity contribution in [1.82, 2.24) is 0 Å². The molecule has 0 spiro atoms. The van der Waals surface area contributed by atoms with Gasteiger partial charge in [0.2, 0.25) is 0 Å². The second-order valence-corrected chi connectivity index (χ2v) is 5.78. The van der Waals surface area contributed by atoms with E-state index >= 15 is 0 Å². The maximum atomic E-state index is 12.5. The van der Waals surface area contributed by atoms with Crippen molar-refractivity contribution in [2.75, 3.05) is 19.0 Å².